The molecule has 15 heteroatoms. The summed E-state index contributed by atoms with van der Waals surface area (Å²) in [7, 11) is 2.06. The number of nitro groups is 1. The smallest absolute Gasteiger partial charge is 0.328 e. The maximum atomic E-state index is 13.1. The minimum absolute atomic E-state index is 0.0805. The minimum Gasteiger partial charge on any atom is -0.478 e. The van der Waals surface area contributed by atoms with Crippen molar-refractivity contribution in [1.82, 2.24) is 9.80 Å². The number of anilines is 2. The predicted molar refractivity (Wildman–Crippen MR) is 149 cm³/mol. The van der Waals surface area contributed by atoms with Gasteiger partial charge in [0.25, 0.3) is 5.69 Å². The average molecular weight is 587 g/mol. The van der Waals surface area contributed by atoms with Gasteiger partial charge < -0.3 is 25.3 Å². The second-order valence-electron chi connectivity index (χ2n) is 8.41. The molecule has 1 aliphatic rings. The third-order valence-corrected chi connectivity index (χ3v) is 5.27. The molecule has 1 heterocycles. The number of carbonyl (C=O) groups excluding carboxylic acids is 1. The van der Waals surface area contributed by atoms with Crippen molar-refractivity contribution >= 4 is 46.8 Å². The summed E-state index contributed by atoms with van der Waals surface area (Å²) in [6.45, 7) is 3.66. The molecule has 0 radical (unpaired) electrons. The van der Waals surface area contributed by atoms with Crippen LogP contribution in [0.4, 0.5) is 17.1 Å². The molecular formula is C27H30N4O11. The van der Waals surface area contributed by atoms with E-state index in [2.05, 4.69) is 16.8 Å². The van der Waals surface area contributed by atoms with E-state index in [4.69, 9.17) is 20.4 Å². The number of hydrogen-bond acceptors (Lipinski definition) is 9. The molecule has 4 N–H and O–H groups in total. The van der Waals surface area contributed by atoms with Crippen molar-refractivity contribution in [2.45, 2.75) is 0 Å². The topological polar surface area (TPSA) is 219 Å². The molecule has 0 spiro atoms. The van der Waals surface area contributed by atoms with Gasteiger partial charge in [-0.05, 0) is 25.2 Å². The molecule has 1 aliphatic heterocycles. The van der Waals surface area contributed by atoms with Crippen molar-refractivity contribution in [1.29, 1.82) is 0 Å². The van der Waals surface area contributed by atoms with Gasteiger partial charge in [-0.15, -0.1) is 0 Å². The monoisotopic (exact) mass is 586 g/mol. The van der Waals surface area contributed by atoms with Crippen LogP contribution in [0.25, 0.3) is 0 Å². The largest absolute Gasteiger partial charge is 0.478 e. The van der Waals surface area contributed by atoms with Crippen molar-refractivity contribution < 1.29 is 49.3 Å². The van der Waals surface area contributed by atoms with Gasteiger partial charge in [-0.25, -0.2) is 19.2 Å². The summed E-state index contributed by atoms with van der Waals surface area (Å²) in [5.41, 5.74) is 0.840. The fraction of sp³-hybridized carbons (Fsp3) is 0.222. The molecule has 2 aromatic carbocycles. The lowest BCUT2D eigenvalue weighted by Crippen LogP contribution is -2.48. The van der Waals surface area contributed by atoms with Crippen molar-refractivity contribution in [3.05, 3.63) is 89.0 Å². The maximum absolute atomic E-state index is 13.1. The number of rotatable bonds is 9. The quantitative estimate of drug-likeness (QED) is 0.188. The zero-order valence-corrected chi connectivity index (χ0v) is 22.5. The van der Waals surface area contributed by atoms with Crippen molar-refractivity contribution in [3.63, 3.8) is 0 Å². The Bertz CT molecular complexity index is 1240. The maximum Gasteiger partial charge on any atom is 0.328 e. The van der Waals surface area contributed by atoms with Crippen LogP contribution in [0.5, 0.6) is 0 Å². The minimum atomic E-state index is -1.26. The van der Waals surface area contributed by atoms with E-state index in [9.17, 15) is 34.1 Å². The van der Waals surface area contributed by atoms with Crippen LogP contribution in [-0.4, -0.2) is 105 Å². The van der Waals surface area contributed by atoms with E-state index in [0.29, 0.717) is 35.7 Å². The number of piperazine rings is 1. The van der Waals surface area contributed by atoms with Gasteiger partial charge in [-0.3, -0.25) is 24.7 Å². The van der Waals surface area contributed by atoms with Gasteiger partial charge in [-0.2, -0.15) is 0 Å². The molecule has 0 aromatic heterocycles. The SMILES string of the molecule is CN1CCN(CC(=O)N(c2ccccc2)c2ccccc2[N+](=O)[O-])CC1.O=C(O)/C=C\C(=O)O.O=C(O)/C=C\C(=O)O. The van der Waals surface area contributed by atoms with E-state index in [1.54, 1.807) is 30.3 Å². The molecule has 0 unspecified atom stereocenters. The highest BCUT2D eigenvalue weighted by atomic mass is 16.6. The van der Waals surface area contributed by atoms with Gasteiger partial charge in [0, 0.05) is 62.2 Å². The number of likely N-dealkylation sites (N-methyl/N-ethyl adjacent to an activating group) is 1. The average Bonchev–Trinajstić information content (AvgIpc) is 2.94. The van der Waals surface area contributed by atoms with Gasteiger partial charge in [-0.1, -0.05) is 30.3 Å². The molecule has 42 heavy (non-hydrogen) atoms. The zero-order chi connectivity index (χ0) is 31.7. The first-order chi connectivity index (χ1) is 19.8. The van der Waals surface area contributed by atoms with Gasteiger partial charge >= 0.3 is 23.9 Å². The molecule has 0 aliphatic carbocycles. The van der Waals surface area contributed by atoms with Crippen molar-refractivity contribution in [2.75, 3.05) is 44.7 Å². The second-order valence-corrected chi connectivity index (χ2v) is 8.41. The number of hydrogen-bond donors (Lipinski definition) is 4. The van der Waals surface area contributed by atoms with Gasteiger partial charge in [0.2, 0.25) is 5.91 Å². The Morgan fingerprint density at radius 1 is 0.762 bits per heavy atom. The number of para-hydroxylation sites is 3. The summed E-state index contributed by atoms with van der Waals surface area (Å²) in [6.07, 6.45) is 2.23. The molecular weight excluding hydrogens is 556 g/mol. The fourth-order valence-electron chi connectivity index (χ4n) is 3.36. The highest BCUT2D eigenvalue weighted by molar-refractivity contribution is 6.03. The first-order valence-corrected chi connectivity index (χ1v) is 12.1. The summed E-state index contributed by atoms with van der Waals surface area (Å²) in [5, 5.41) is 42.7. The zero-order valence-electron chi connectivity index (χ0n) is 22.5. The summed E-state index contributed by atoms with van der Waals surface area (Å²) in [4.78, 5) is 68.1. The molecule has 0 atom stereocenters. The van der Waals surface area contributed by atoms with E-state index in [-0.39, 0.29) is 18.1 Å². The number of benzene rings is 2. The Balaban J connectivity index is 0.000000454. The molecule has 0 saturated carbocycles. The normalized spacial score (nSPS) is 13.3. The molecule has 224 valence electrons. The first kappa shape index (κ1) is 34.6. The Labute approximate surface area is 240 Å². The molecule has 1 amide bonds. The Hall–Kier alpha value is -5.41. The van der Waals surface area contributed by atoms with E-state index in [0.717, 1.165) is 26.2 Å². The van der Waals surface area contributed by atoms with Crippen LogP contribution < -0.4 is 4.90 Å². The second kappa shape index (κ2) is 18.0. The number of carbonyl (C=O) groups is 5. The van der Waals surface area contributed by atoms with Gasteiger partial charge in [0.15, 0.2) is 0 Å². The molecule has 15 nitrogen and oxygen atoms in total. The van der Waals surface area contributed by atoms with Crippen LogP contribution >= 0.6 is 0 Å². The lowest BCUT2D eigenvalue weighted by molar-refractivity contribution is -0.384. The molecule has 0 bridgehead atoms. The summed E-state index contributed by atoms with van der Waals surface area (Å²) < 4.78 is 0. The number of aliphatic carboxylic acids is 4. The lowest BCUT2D eigenvalue weighted by Gasteiger charge is -2.33. The number of carboxylic acid groups (broad SMARTS) is 4. The summed E-state index contributed by atoms with van der Waals surface area (Å²) in [6, 6.07) is 15.4. The van der Waals surface area contributed by atoms with Crippen molar-refractivity contribution in [3.8, 4) is 0 Å². The standard InChI is InChI=1S/C19H22N4O3.2C4H4O4/c1-20-11-13-21(14-12-20)15-19(24)22(16-7-3-2-4-8-16)17-9-5-6-10-18(17)23(25)26;2*5-3(6)1-2-4(7)8/h2-10H,11-15H2,1H3;2*1-2H,(H,5,6)(H,7,8)/b;2*2-1-. The van der Waals surface area contributed by atoms with Gasteiger partial charge in [0.05, 0.1) is 11.5 Å². The number of nitro benzene ring substituents is 1. The Kier molecular flexibility index (Phi) is 14.9. The number of nitrogens with zero attached hydrogens (tertiary/aromatic N) is 4. The lowest BCUT2D eigenvalue weighted by atomic mass is 10.2. The first-order valence-electron chi connectivity index (χ1n) is 12.1. The van der Waals surface area contributed by atoms with Crippen LogP contribution in [0, 0.1) is 10.1 Å². The molecule has 3 rings (SSSR count). The van der Waals surface area contributed by atoms with Crippen LogP contribution in [0.3, 0.4) is 0 Å². The fourth-order valence-corrected chi connectivity index (χ4v) is 3.36. The van der Waals surface area contributed by atoms with E-state index in [1.165, 1.54) is 11.0 Å². The molecule has 2 aromatic rings. The van der Waals surface area contributed by atoms with Crippen LogP contribution in [0.2, 0.25) is 0 Å². The third kappa shape index (κ3) is 13.6. The van der Waals surface area contributed by atoms with Crippen molar-refractivity contribution in [2.24, 2.45) is 0 Å². The Morgan fingerprint density at radius 2 is 1.19 bits per heavy atom. The Morgan fingerprint density at radius 3 is 1.62 bits per heavy atom. The van der Waals surface area contributed by atoms with Crippen LogP contribution in [-0.2, 0) is 24.0 Å². The summed E-state index contributed by atoms with van der Waals surface area (Å²) >= 11 is 0. The van der Waals surface area contributed by atoms with E-state index in [1.807, 2.05) is 18.2 Å². The molecule has 1 saturated heterocycles. The predicted octanol–water partition coefficient (Wildman–Crippen LogP) is 1.93. The molecule has 1 fully saturated rings. The number of amides is 1. The van der Waals surface area contributed by atoms with E-state index < -0.39 is 28.8 Å². The van der Waals surface area contributed by atoms with Crippen LogP contribution in [0.1, 0.15) is 0 Å². The highest BCUT2D eigenvalue weighted by Gasteiger charge is 2.27. The highest BCUT2D eigenvalue weighted by Crippen LogP contribution is 2.33. The number of carboxylic acids is 4. The third-order valence-electron chi connectivity index (χ3n) is 5.27. The summed E-state index contributed by atoms with van der Waals surface area (Å²) in [5.74, 6) is -5.20. The van der Waals surface area contributed by atoms with Crippen LogP contribution in [0.15, 0.2) is 78.9 Å². The van der Waals surface area contributed by atoms with Gasteiger partial charge in [0.1, 0.15) is 5.69 Å². The van der Waals surface area contributed by atoms with E-state index >= 15 is 0 Å².